The maximum absolute atomic E-state index is 11.4. The van der Waals surface area contributed by atoms with Crippen LogP contribution < -0.4 is 0 Å². The second-order valence-electron chi connectivity index (χ2n) is 3.22. The molecule has 1 fully saturated rings. The van der Waals surface area contributed by atoms with Crippen molar-refractivity contribution in [3.63, 3.8) is 0 Å². The molecule has 0 aromatic carbocycles. The van der Waals surface area contributed by atoms with Gasteiger partial charge in [0.25, 0.3) is 5.91 Å². The Hall–Kier alpha value is -0.480. The van der Waals surface area contributed by atoms with Crippen molar-refractivity contribution in [2.75, 3.05) is 0 Å². The average molecular weight is 239 g/mol. The van der Waals surface area contributed by atoms with Gasteiger partial charge in [0, 0.05) is 23.6 Å². The molecule has 0 bridgehead atoms. The summed E-state index contributed by atoms with van der Waals surface area (Å²) >= 11 is 11.1. The fraction of sp³-hybridized carbons (Fsp3) is 0.750. The predicted octanol–water partition coefficient (Wildman–Crippen LogP) is 2.51. The summed E-state index contributed by atoms with van der Waals surface area (Å²) in [7, 11) is 0. The van der Waals surface area contributed by atoms with Crippen LogP contribution in [0.2, 0.25) is 0 Å². The highest BCUT2D eigenvalue weighted by Crippen LogP contribution is 2.25. The van der Waals surface area contributed by atoms with Crippen LogP contribution in [0.5, 0.6) is 0 Å². The van der Waals surface area contributed by atoms with Crippen LogP contribution in [-0.4, -0.2) is 26.8 Å². The molecule has 0 N–H and O–H groups in total. The van der Waals surface area contributed by atoms with Crippen molar-refractivity contribution in [1.29, 1.82) is 0 Å². The molecule has 14 heavy (non-hydrogen) atoms. The average Bonchev–Trinajstić information content (AvgIpc) is 2.35. The molecule has 1 unspecified atom stereocenters. The molecule has 1 heterocycles. The Morgan fingerprint density at radius 2 is 1.93 bits per heavy atom. The standard InChI is InChI=1S/C8H12Cl2N2O2/c1-2-3-4-5-6-7(13)12(10)8(14)11(6)9/h6H,2-5H2,1H3. The first kappa shape index (κ1) is 11.6. The van der Waals surface area contributed by atoms with E-state index in [1.54, 1.807) is 0 Å². The van der Waals surface area contributed by atoms with Crippen molar-refractivity contribution in [3.05, 3.63) is 0 Å². The van der Waals surface area contributed by atoms with E-state index in [9.17, 15) is 9.59 Å². The first-order valence-electron chi connectivity index (χ1n) is 4.58. The molecule has 6 heteroatoms. The van der Waals surface area contributed by atoms with Crippen LogP contribution in [0.25, 0.3) is 0 Å². The van der Waals surface area contributed by atoms with E-state index in [2.05, 4.69) is 6.92 Å². The van der Waals surface area contributed by atoms with Crippen molar-refractivity contribution in [1.82, 2.24) is 8.84 Å². The molecular weight excluding hydrogens is 227 g/mol. The van der Waals surface area contributed by atoms with Crippen LogP contribution in [-0.2, 0) is 4.79 Å². The summed E-state index contributed by atoms with van der Waals surface area (Å²) in [6, 6.07) is -1.24. The molecule has 0 aromatic heterocycles. The maximum atomic E-state index is 11.4. The highest BCUT2D eigenvalue weighted by Gasteiger charge is 2.43. The molecule has 80 valence electrons. The molecule has 0 radical (unpaired) electrons. The van der Waals surface area contributed by atoms with E-state index < -0.39 is 18.0 Å². The zero-order valence-corrected chi connectivity index (χ0v) is 9.38. The monoisotopic (exact) mass is 238 g/mol. The Kier molecular flexibility index (Phi) is 4.01. The molecule has 4 nitrogen and oxygen atoms in total. The largest absolute Gasteiger partial charge is 0.357 e. The van der Waals surface area contributed by atoms with Gasteiger partial charge in [-0.1, -0.05) is 26.2 Å². The van der Waals surface area contributed by atoms with E-state index in [1.165, 1.54) is 0 Å². The van der Waals surface area contributed by atoms with Crippen molar-refractivity contribution in [2.24, 2.45) is 0 Å². The van der Waals surface area contributed by atoms with Crippen molar-refractivity contribution < 1.29 is 9.59 Å². The summed E-state index contributed by atoms with van der Waals surface area (Å²) in [5.74, 6) is -0.428. The number of imide groups is 1. The number of carbonyl (C=O) groups is 2. The molecule has 1 aliphatic rings. The highest BCUT2D eigenvalue weighted by molar-refractivity contribution is 6.38. The predicted molar refractivity (Wildman–Crippen MR) is 53.7 cm³/mol. The summed E-state index contributed by atoms with van der Waals surface area (Å²) in [6.45, 7) is 2.06. The van der Waals surface area contributed by atoms with Crippen molar-refractivity contribution in [2.45, 2.75) is 38.6 Å². The summed E-state index contributed by atoms with van der Waals surface area (Å²) in [4.78, 5) is 22.5. The first-order valence-corrected chi connectivity index (χ1v) is 5.26. The van der Waals surface area contributed by atoms with Gasteiger partial charge in [-0.2, -0.15) is 4.42 Å². The van der Waals surface area contributed by atoms with Gasteiger partial charge in [0.05, 0.1) is 0 Å². The molecular formula is C8H12Cl2N2O2. The number of hydrogen-bond donors (Lipinski definition) is 0. The van der Waals surface area contributed by atoms with Gasteiger partial charge in [0.2, 0.25) is 0 Å². The van der Waals surface area contributed by atoms with Crippen LogP contribution in [0.15, 0.2) is 0 Å². The molecule has 1 aliphatic heterocycles. The topological polar surface area (TPSA) is 40.6 Å². The Balaban J connectivity index is 2.52. The highest BCUT2D eigenvalue weighted by atomic mass is 35.5. The van der Waals surface area contributed by atoms with Gasteiger partial charge in [-0.05, 0) is 6.42 Å². The Morgan fingerprint density at radius 1 is 1.29 bits per heavy atom. The second kappa shape index (κ2) is 4.84. The van der Waals surface area contributed by atoms with Gasteiger partial charge in [-0.15, -0.1) is 0 Å². The number of halogens is 2. The lowest BCUT2D eigenvalue weighted by Crippen LogP contribution is -2.27. The van der Waals surface area contributed by atoms with Crippen LogP contribution in [0.4, 0.5) is 4.79 Å². The summed E-state index contributed by atoms with van der Waals surface area (Å²) < 4.78 is 1.43. The third-order valence-electron chi connectivity index (χ3n) is 2.18. The quantitative estimate of drug-likeness (QED) is 0.429. The van der Waals surface area contributed by atoms with Crippen molar-refractivity contribution in [3.8, 4) is 0 Å². The summed E-state index contributed by atoms with van der Waals surface area (Å²) in [5.41, 5.74) is 0. The third-order valence-corrected chi connectivity index (χ3v) is 2.88. The van der Waals surface area contributed by atoms with Gasteiger partial charge in [0.1, 0.15) is 6.04 Å². The molecule has 0 spiro atoms. The number of hydrogen-bond acceptors (Lipinski definition) is 2. The molecule has 0 aliphatic carbocycles. The third kappa shape index (κ3) is 2.12. The molecule has 3 amide bonds. The van der Waals surface area contributed by atoms with Gasteiger partial charge < -0.3 is 0 Å². The van der Waals surface area contributed by atoms with Crippen LogP contribution in [0.3, 0.4) is 0 Å². The van der Waals surface area contributed by atoms with Crippen LogP contribution >= 0.6 is 23.6 Å². The lowest BCUT2D eigenvalue weighted by atomic mass is 10.1. The Labute approximate surface area is 93.0 Å². The number of nitrogens with zero attached hydrogens (tertiary/aromatic N) is 2. The summed E-state index contributed by atoms with van der Waals surface area (Å²) in [6.07, 6.45) is 3.52. The first-order chi connectivity index (χ1) is 6.59. The normalized spacial score (nSPS) is 22.4. The van der Waals surface area contributed by atoms with Gasteiger partial charge in [-0.25, -0.2) is 9.21 Å². The number of rotatable bonds is 4. The van der Waals surface area contributed by atoms with E-state index in [0.29, 0.717) is 10.8 Å². The van der Waals surface area contributed by atoms with Crippen LogP contribution in [0, 0.1) is 0 Å². The summed E-state index contributed by atoms with van der Waals surface area (Å²) in [5, 5.41) is 0. The lowest BCUT2D eigenvalue weighted by Gasteiger charge is -2.11. The minimum Gasteiger partial charge on any atom is -0.271 e. The zero-order chi connectivity index (χ0) is 10.7. The molecule has 1 rings (SSSR count). The smallest absolute Gasteiger partial charge is 0.271 e. The Morgan fingerprint density at radius 3 is 2.36 bits per heavy atom. The van der Waals surface area contributed by atoms with Gasteiger partial charge in [-0.3, -0.25) is 4.79 Å². The SMILES string of the molecule is CCCCCC1C(=O)N(Cl)C(=O)N1Cl. The number of unbranched alkanes of at least 4 members (excludes halogenated alkanes) is 2. The maximum Gasteiger partial charge on any atom is 0.357 e. The van der Waals surface area contributed by atoms with E-state index in [4.69, 9.17) is 23.6 Å². The molecule has 0 aromatic rings. The Bertz CT molecular complexity index is 247. The number of carbonyl (C=O) groups excluding carboxylic acids is 2. The van der Waals surface area contributed by atoms with Gasteiger partial charge >= 0.3 is 6.03 Å². The van der Waals surface area contributed by atoms with E-state index in [0.717, 1.165) is 23.7 Å². The number of urea groups is 1. The van der Waals surface area contributed by atoms with Gasteiger partial charge in [0.15, 0.2) is 0 Å². The minimum absolute atomic E-state index is 0.428. The number of amides is 3. The van der Waals surface area contributed by atoms with E-state index in [1.807, 2.05) is 0 Å². The zero-order valence-electron chi connectivity index (χ0n) is 7.87. The van der Waals surface area contributed by atoms with Crippen LogP contribution in [0.1, 0.15) is 32.6 Å². The fourth-order valence-electron chi connectivity index (χ4n) is 1.36. The molecule has 1 atom stereocenters. The minimum atomic E-state index is -0.653. The second-order valence-corrected chi connectivity index (χ2v) is 3.93. The fourth-order valence-corrected chi connectivity index (χ4v) is 1.85. The molecule has 0 saturated carbocycles. The van der Waals surface area contributed by atoms with E-state index >= 15 is 0 Å². The van der Waals surface area contributed by atoms with Crippen molar-refractivity contribution >= 4 is 35.5 Å². The molecule has 1 saturated heterocycles. The lowest BCUT2D eigenvalue weighted by molar-refractivity contribution is -0.124. The van der Waals surface area contributed by atoms with E-state index in [-0.39, 0.29) is 0 Å².